The molecular formula is C27H29N3O6S2. The highest BCUT2D eigenvalue weighted by Gasteiger charge is 2.23. The summed E-state index contributed by atoms with van der Waals surface area (Å²) < 4.78 is 36.8. The highest BCUT2D eigenvalue weighted by atomic mass is 32.2. The zero-order chi connectivity index (χ0) is 27.4. The Hall–Kier alpha value is -3.83. The fourth-order valence-electron chi connectivity index (χ4n) is 3.31. The number of esters is 1. The van der Waals surface area contributed by atoms with E-state index >= 15 is 0 Å². The minimum Gasteiger partial charge on any atom is -0.482 e. The molecule has 1 N–H and O–H groups in total. The molecule has 3 aromatic rings. The van der Waals surface area contributed by atoms with E-state index in [0.29, 0.717) is 17.9 Å². The molecule has 0 radical (unpaired) electrons. The molecule has 0 aliphatic carbocycles. The first kappa shape index (κ1) is 28.7. The van der Waals surface area contributed by atoms with Crippen LogP contribution >= 0.6 is 11.8 Å². The lowest BCUT2D eigenvalue weighted by Crippen LogP contribution is -2.32. The second-order valence-electron chi connectivity index (χ2n) is 8.04. The fourth-order valence-corrected chi connectivity index (χ4v) is 4.46. The molecule has 38 heavy (non-hydrogen) atoms. The van der Waals surface area contributed by atoms with Crippen molar-refractivity contribution in [3.63, 3.8) is 0 Å². The van der Waals surface area contributed by atoms with Gasteiger partial charge in [0, 0.05) is 5.75 Å². The Morgan fingerprint density at radius 1 is 1.00 bits per heavy atom. The van der Waals surface area contributed by atoms with Crippen LogP contribution in [0.3, 0.4) is 0 Å². The van der Waals surface area contributed by atoms with Gasteiger partial charge in [-0.25, -0.2) is 18.6 Å². The molecule has 0 saturated heterocycles. The quantitative estimate of drug-likeness (QED) is 0.148. The van der Waals surface area contributed by atoms with Gasteiger partial charge in [-0.05, 0) is 53.8 Å². The Balaban J connectivity index is 1.63. The van der Waals surface area contributed by atoms with Crippen molar-refractivity contribution >= 4 is 45.6 Å². The van der Waals surface area contributed by atoms with Crippen molar-refractivity contribution in [1.82, 2.24) is 5.43 Å². The van der Waals surface area contributed by atoms with E-state index in [4.69, 9.17) is 9.47 Å². The highest BCUT2D eigenvalue weighted by Crippen LogP contribution is 2.25. The zero-order valence-electron chi connectivity index (χ0n) is 21.1. The molecule has 3 rings (SSSR count). The van der Waals surface area contributed by atoms with Crippen molar-refractivity contribution in [1.29, 1.82) is 0 Å². The molecule has 0 aliphatic heterocycles. The van der Waals surface area contributed by atoms with E-state index in [9.17, 15) is 18.0 Å². The predicted octanol–water partition coefficient (Wildman–Crippen LogP) is 3.70. The number of ether oxygens (including phenoxy) is 2. The number of thioether (sulfide) groups is 1. The number of carbonyl (C=O) groups excluding carboxylic acids is 2. The molecule has 200 valence electrons. The van der Waals surface area contributed by atoms with Gasteiger partial charge in [0.2, 0.25) is 10.0 Å². The van der Waals surface area contributed by atoms with Gasteiger partial charge in [0.1, 0.15) is 12.4 Å². The summed E-state index contributed by atoms with van der Waals surface area (Å²) in [6.07, 6.45) is 4.48. The monoisotopic (exact) mass is 555 g/mol. The van der Waals surface area contributed by atoms with Gasteiger partial charge in [0.05, 0.1) is 30.3 Å². The third-order valence-electron chi connectivity index (χ3n) is 5.15. The number of hydrogen-bond acceptors (Lipinski definition) is 8. The normalized spacial score (nSPS) is 11.2. The predicted molar refractivity (Wildman–Crippen MR) is 150 cm³/mol. The van der Waals surface area contributed by atoms with Crippen molar-refractivity contribution in [2.24, 2.45) is 5.10 Å². The van der Waals surface area contributed by atoms with Gasteiger partial charge in [-0.3, -0.25) is 9.10 Å². The minimum absolute atomic E-state index is 0.0805. The summed E-state index contributed by atoms with van der Waals surface area (Å²) in [5, 5.41) is 4.00. The first-order chi connectivity index (χ1) is 18.3. The van der Waals surface area contributed by atoms with Crippen LogP contribution in [0.5, 0.6) is 5.75 Å². The molecule has 0 saturated carbocycles. The van der Waals surface area contributed by atoms with E-state index < -0.39 is 21.9 Å². The maximum atomic E-state index is 12.9. The van der Waals surface area contributed by atoms with Crippen molar-refractivity contribution < 1.29 is 27.5 Å². The topological polar surface area (TPSA) is 114 Å². The molecule has 0 aliphatic rings. The number of nitrogens with zero attached hydrogens (tertiary/aromatic N) is 2. The lowest BCUT2D eigenvalue weighted by atomic mass is 10.1. The van der Waals surface area contributed by atoms with E-state index in [1.54, 1.807) is 60.3 Å². The summed E-state index contributed by atoms with van der Waals surface area (Å²) in [5.74, 6) is 0.219. The van der Waals surface area contributed by atoms with Gasteiger partial charge in [0.25, 0.3) is 5.91 Å². The number of sulfonamides is 1. The van der Waals surface area contributed by atoms with E-state index in [1.165, 1.54) is 10.5 Å². The summed E-state index contributed by atoms with van der Waals surface area (Å²) >= 11 is 1.59. The molecule has 0 spiro atoms. The maximum Gasteiger partial charge on any atom is 0.344 e. The lowest BCUT2D eigenvalue weighted by Gasteiger charge is -2.24. The number of hydrazone groups is 1. The SMILES string of the molecule is CSCCOC(=O)COc1ccc(/C=N/NC(=O)c2ccccc2N(Cc2ccccc2)S(C)(=O)=O)cc1. The Bertz CT molecular complexity index is 1350. The molecule has 0 aromatic heterocycles. The number of carbonyl (C=O) groups is 2. The molecule has 11 heteroatoms. The second-order valence-corrected chi connectivity index (χ2v) is 10.9. The molecule has 0 fully saturated rings. The van der Waals surface area contributed by atoms with E-state index in [0.717, 1.165) is 17.6 Å². The van der Waals surface area contributed by atoms with Gasteiger partial charge < -0.3 is 9.47 Å². The van der Waals surface area contributed by atoms with E-state index in [1.807, 2.05) is 36.6 Å². The van der Waals surface area contributed by atoms with Crippen LogP contribution in [-0.4, -0.2) is 58.0 Å². The molecule has 0 heterocycles. The van der Waals surface area contributed by atoms with Crippen molar-refractivity contribution in [3.8, 4) is 5.75 Å². The number of benzene rings is 3. The third kappa shape index (κ3) is 8.93. The number of rotatable bonds is 13. The number of para-hydroxylation sites is 1. The van der Waals surface area contributed by atoms with Gasteiger partial charge in [-0.2, -0.15) is 16.9 Å². The highest BCUT2D eigenvalue weighted by molar-refractivity contribution is 7.98. The average Bonchev–Trinajstić information content (AvgIpc) is 2.91. The summed E-state index contributed by atoms with van der Waals surface area (Å²) in [6, 6.07) is 22.3. The molecule has 9 nitrogen and oxygen atoms in total. The number of amides is 1. The summed E-state index contributed by atoms with van der Waals surface area (Å²) in [5.41, 5.74) is 4.33. The fraction of sp³-hybridized carbons (Fsp3) is 0.222. The summed E-state index contributed by atoms with van der Waals surface area (Å²) in [7, 11) is -3.68. The standard InChI is InChI=1S/C27H29N3O6S2/c1-37-17-16-35-26(31)20-36-23-14-12-21(13-15-23)18-28-29-27(32)24-10-6-7-11-25(24)30(38(2,33)34)19-22-8-4-3-5-9-22/h3-15,18H,16-17,19-20H2,1-2H3,(H,29,32)/b28-18+. The van der Waals surface area contributed by atoms with Gasteiger partial charge in [-0.15, -0.1) is 0 Å². The van der Waals surface area contributed by atoms with Crippen LogP contribution in [0.15, 0.2) is 84.0 Å². The Labute approximate surface area is 226 Å². The third-order valence-corrected chi connectivity index (χ3v) is 6.86. The Kier molecular flexibility index (Phi) is 10.7. The molecule has 0 unspecified atom stereocenters. The van der Waals surface area contributed by atoms with Crippen LogP contribution in [0.4, 0.5) is 5.69 Å². The number of hydrogen-bond donors (Lipinski definition) is 1. The Morgan fingerprint density at radius 3 is 2.37 bits per heavy atom. The first-order valence-electron chi connectivity index (χ1n) is 11.6. The average molecular weight is 556 g/mol. The van der Waals surface area contributed by atoms with Crippen molar-refractivity contribution in [2.75, 3.05) is 35.8 Å². The van der Waals surface area contributed by atoms with E-state index in [-0.39, 0.29) is 24.4 Å². The number of anilines is 1. The second kappa shape index (κ2) is 14.2. The molecule has 0 bridgehead atoms. The summed E-state index contributed by atoms with van der Waals surface area (Å²) in [6.45, 7) is 0.234. The van der Waals surface area contributed by atoms with Gasteiger partial charge >= 0.3 is 5.97 Å². The van der Waals surface area contributed by atoms with Crippen LogP contribution in [0.25, 0.3) is 0 Å². The van der Waals surface area contributed by atoms with E-state index in [2.05, 4.69) is 10.5 Å². The molecular weight excluding hydrogens is 526 g/mol. The lowest BCUT2D eigenvalue weighted by molar-refractivity contribution is -0.145. The van der Waals surface area contributed by atoms with Crippen LogP contribution in [0, 0.1) is 0 Å². The van der Waals surface area contributed by atoms with Gasteiger partial charge in [-0.1, -0.05) is 42.5 Å². The Morgan fingerprint density at radius 2 is 1.68 bits per heavy atom. The van der Waals surface area contributed by atoms with Crippen LogP contribution in [0.1, 0.15) is 21.5 Å². The van der Waals surface area contributed by atoms with Crippen LogP contribution in [-0.2, 0) is 26.1 Å². The van der Waals surface area contributed by atoms with Gasteiger partial charge in [0.15, 0.2) is 6.61 Å². The zero-order valence-corrected chi connectivity index (χ0v) is 22.7. The first-order valence-corrected chi connectivity index (χ1v) is 14.8. The van der Waals surface area contributed by atoms with Crippen LogP contribution < -0.4 is 14.5 Å². The minimum atomic E-state index is -3.68. The molecule has 0 atom stereocenters. The van der Waals surface area contributed by atoms with Crippen molar-refractivity contribution in [2.45, 2.75) is 6.54 Å². The van der Waals surface area contributed by atoms with Crippen molar-refractivity contribution in [3.05, 3.63) is 95.6 Å². The largest absolute Gasteiger partial charge is 0.482 e. The molecule has 3 aromatic carbocycles. The molecule has 1 amide bonds. The van der Waals surface area contributed by atoms with Crippen LogP contribution in [0.2, 0.25) is 0 Å². The summed E-state index contributed by atoms with van der Waals surface area (Å²) in [4.78, 5) is 24.6. The maximum absolute atomic E-state index is 12.9. The smallest absolute Gasteiger partial charge is 0.344 e. The number of nitrogens with one attached hydrogen (secondary N) is 1.